The molecule has 2 atom stereocenters. The zero-order valence-electron chi connectivity index (χ0n) is 12.5. The SMILES string of the molecule is COc1ccc2ccnc(NCC3CCCCC3N)c2c1. The van der Waals surface area contributed by atoms with Crippen molar-refractivity contribution in [3.8, 4) is 5.75 Å². The summed E-state index contributed by atoms with van der Waals surface area (Å²) in [5.41, 5.74) is 6.22. The minimum Gasteiger partial charge on any atom is -0.497 e. The van der Waals surface area contributed by atoms with Crippen molar-refractivity contribution in [1.82, 2.24) is 4.98 Å². The van der Waals surface area contributed by atoms with Gasteiger partial charge in [0.2, 0.25) is 0 Å². The van der Waals surface area contributed by atoms with Gasteiger partial charge in [-0.25, -0.2) is 4.98 Å². The third-order valence-corrected chi connectivity index (χ3v) is 4.47. The van der Waals surface area contributed by atoms with E-state index in [-0.39, 0.29) is 0 Å². The molecule has 1 aromatic heterocycles. The van der Waals surface area contributed by atoms with Crippen molar-refractivity contribution in [3.63, 3.8) is 0 Å². The molecule has 1 fully saturated rings. The minimum atomic E-state index is 0.316. The van der Waals surface area contributed by atoms with Gasteiger partial charge >= 0.3 is 0 Å². The molecule has 1 aromatic carbocycles. The number of hydrogen-bond acceptors (Lipinski definition) is 4. The fourth-order valence-corrected chi connectivity index (χ4v) is 3.13. The molecule has 3 N–H and O–H groups in total. The molecule has 0 spiro atoms. The molecule has 1 aliphatic rings. The highest BCUT2D eigenvalue weighted by Crippen LogP contribution is 2.27. The molecule has 0 radical (unpaired) electrons. The van der Waals surface area contributed by atoms with Gasteiger partial charge < -0.3 is 15.8 Å². The summed E-state index contributed by atoms with van der Waals surface area (Å²) >= 11 is 0. The predicted octanol–water partition coefficient (Wildman–Crippen LogP) is 3.17. The first-order valence-electron chi connectivity index (χ1n) is 7.70. The lowest BCUT2D eigenvalue weighted by Crippen LogP contribution is -2.37. The summed E-state index contributed by atoms with van der Waals surface area (Å²) < 4.78 is 5.31. The number of pyridine rings is 1. The van der Waals surface area contributed by atoms with Crippen molar-refractivity contribution in [2.24, 2.45) is 11.7 Å². The lowest BCUT2D eigenvalue weighted by atomic mass is 9.85. The predicted molar refractivity (Wildman–Crippen MR) is 86.7 cm³/mol. The summed E-state index contributed by atoms with van der Waals surface area (Å²) in [7, 11) is 1.69. The van der Waals surface area contributed by atoms with E-state index in [0.29, 0.717) is 12.0 Å². The number of rotatable bonds is 4. The number of benzene rings is 1. The fourth-order valence-electron chi connectivity index (χ4n) is 3.13. The smallest absolute Gasteiger partial charge is 0.133 e. The van der Waals surface area contributed by atoms with Crippen LogP contribution >= 0.6 is 0 Å². The summed E-state index contributed by atoms with van der Waals surface area (Å²) in [4.78, 5) is 4.48. The highest BCUT2D eigenvalue weighted by molar-refractivity contribution is 5.92. The summed E-state index contributed by atoms with van der Waals surface area (Å²) in [6, 6.07) is 8.41. The number of fused-ring (bicyclic) bond motifs is 1. The number of nitrogens with two attached hydrogens (primary N) is 1. The van der Waals surface area contributed by atoms with E-state index < -0.39 is 0 Å². The van der Waals surface area contributed by atoms with Crippen LogP contribution in [0.2, 0.25) is 0 Å². The van der Waals surface area contributed by atoms with Crippen LogP contribution in [0.1, 0.15) is 25.7 Å². The molecule has 0 amide bonds. The molecule has 3 rings (SSSR count). The first-order valence-corrected chi connectivity index (χ1v) is 7.70. The van der Waals surface area contributed by atoms with Crippen molar-refractivity contribution in [2.75, 3.05) is 19.0 Å². The maximum Gasteiger partial charge on any atom is 0.133 e. The Labute approximate surface area is 125 Å². The monoisotopic (exact) mass is 285 g/mol. The van der Waals surface area contributed by atoms with E-state index in [0.717, 1.165) is 29.9 Å². The van der Waals surface area contributed by atoms with Crippen molar-refractivity contribution in [1.29, 1.82) is 0 Å². The third-order valence-electron chi connectivity index (χ3n) is 4.47. The van der Waals surface area contributed by atoms with Gasteiger partial charge in [0.25, 0.3) is 0 Å². The largest absolute Gasteiger partial charge is 0.497 e. The van der Waals surface area contributed by atoms with E-state index in [9.17, 15) is 0 Å². The minimum absolute atomic E-state index is 0.316. The number of nitrogens with one attached hydrogen (secondary N) is 1. The van der Waals surface area contributed by atoms with E-state index in [2.05, 4.69) is 16.4 Å². The van der Waals surface area contributed by atoms with Crippen molar-refractivity contribution >= 4 is 16.6 Å². The molecule has 2 aromatic rings. The first-order chi connectivity index (χ1) is 10.3. The van der Waals surface area contributed by atoms with Gasteiger partial charge in [-0.05, 0) is 42.3 Å². The molecule has 4 nitrogen and oxygen atoms in total. The van der Waals surface area contributed by atoms with Crippen LogP contribution in [0.15, 0.2) is 30.5 Å². The van der Waals surface area contributed by atoms with Crippen LogP contribution in [-0.4, -0.2) is 24.7 Å². The Balaban J connectivity index is 1.79. The van der Waals surface area contributed by atoms with Gasteiger partial charge in [0, 0.05) is 24.2 Å². The number of ether oxygens (including phenoxy) is 1. The Morgan fingerprint density at radius 2 is 2.14 bits per heavy atom. The zero-order chi connectivity index (χ0) is 14.7. The van der Waals surface area contributed by atoms with Gasteiger partial charge in [-0.15, -0.1) is 0 Å². The number of aromatic nitrogens is 1. The molecule has 0 bridgehead atoms. The molecular formula is C17H23N3O. The Morgan fingerprint density at radius 3 is 2.95 bits per heavy atom. The Morgan fingerprint density at radius 1 is 1.29 bits per heavy atom. The quantitative estimate of drug-likeness (QED) is 0.906. The van der Waals surface area contributed by atoms with Crippen LogP contribution in [0, 0.1) is 5.92 Å². The second-order valence-corrected chi connectivity index (χ2v) is 5.84. The van der Waals surface area contributed by atoms with Crippen molar-refractivity contribution in [3.05, 3.63) is 30.5 Å². The molecule has 1 aliphatic carbocycles. The Kier molecular flexibility index (Phi) is 4.25. The standard InChI is InChI=1S/C17H23N3O/c1-21-14-7-6-12-8-9-19-17(15(12)10-14)20-11-13-4-2-3-5-16(13)18/h6-10,13,16H,2-5,11,18H2,1H3,(H,19,20). The first kappa shape index (κ1) is 14.1. The lowest BCUT2D eigenvalue weighted by molar-refractivity contribution is 0.321. The second kappa shape index (κ2) is 6.31. The van der Waals surface area contributed by atoms with Gasteiger partial charge in [-0.3, -0.25) is 0 Å². The number of nitrogens with zero attached hydrogens (tertiary/aromatic N) is 1. The van der Waals surface area contributed by atoms with Crippen LogP contribution in [-0.2, 0) is 0 Å². The molecule has 21 heavy (non-hydrogen) atoms. The summed E-state index contributed by atoms with van der Waals surface area (Å²) in [5, 5.41) is 5.76. The van der Waals surface area contributed by atoms with Crippen LogP contribution < -0.4 is 15.8 Å². The Bertz CT molecular complexity index is 614. The van der Waals surface area contributed by atoms with E-state index >= 15 is 0 Å². The van der Waals surface area contributed by atoms with E-state index in [1.807, 2.05) is 24.4 Å². The molecule has 2 unspecified atom stereocenters. The van der Waals surface area contributed by atoms with Crippen molar-refractivity contribution < 1.29 is 4.74 Å². The van der Waals surface area contributed by atoms with Gasteiger partial charge in [-0.2, -0.15) is 0 Å². The van der Waals surface area contributed by atoms with Crippen LogP contribution in [0.5, 0.6) is 5.75 Å². The lowest BCUT2D eigenvalue weighted by Gasteiger charge is -2.28. The normalized spacial score (nSPS) is 22.2. The highest BCUT2D eigenvalue weighted by Gasteiger charge is 2.21. The van der Waals surface area contributed by atoms with Crippen LogP contribution in [0.4, 0.5) is 5.82 Å². The molecule has 112 valence electrons. The average molecular weight is 285 g/mol. The molecule has 0 aliphatic heterocycles. The van der Waals surface area contributed by atoms with E-state index in [1.165, 1.54) is 24.6 Å². The van der Waals surface area contributed by atoms with Crippen LogP contribution in [0.25, 0.3) is 10.8 Å². The topological polar surface area (TPSA) is 60.2 Å². The third kappa shape index (κ3) is 3.10. The zero-order valence-corrected chi connectivity index (χ0v) is 12.5. The fraction of sp³-hybridized carbons (Fsp3) is 0.471. The number of methoxy groups -OCH3 is 1. The molecular weight excluding hydrogens is 262 g/mol. The average Bonchev–Trinajstić information content (AvgIpc) is 2.53. The van der Waals surface area contributed by atoms with Gasteiger partial charge in [-0.1, -0.05) is 18.9 Å². The number of hydrogen-bond donors (Lipinski definition) is 2. The second-order valence-electron chi connectivity index (χ2n) is 5.84. The molecule has 4 heteroatoms. The maximum absolute atomic E-state index is 6.22. The molecule has 0 saturated heterocycles. The summed E-state index contributed by atoms with van der Waals surface area (Å²) in [6.45, 7) is 0.893. The van der Waals surface area contributed by atoms with E-state index in [4.69, 9.17) is 10.5 Å². The summed E-state index contributed by atoms with van der Waals surface area (Å²) in [5.74, 6) is 2.32. The maximum atomic E-state index is 6.22. The Hall–Kier alpha value is -1.81. The molecule has 1 saturated carbocycles. The van der Waals surface area contributed by atoms with Crippen molar-refractivity contribution in [2.45, 2.75) is 31.7 Å². The van der Waals surface area contributed by atoms with Gasteiger partial charge in [0.05, 0.1) is 7.11 Å². The summed E-state index contributed by atoms with van der Waals surface area (Å²) in [6.07, 6.45) is 6.75. The van der Waals surface area contributed by atoms with Gasteiger partial charge in [0.15, 0.2) is 0 Å². The number of anilines is 1. The van der Waals surface area contributed by atoms with Gasteiger partial charge in [0.1, 0.15) is 11.6 Å². The highest BCUT2D eigenvalue weighted by atomic mass is 16.5. The van der Waals surface area contributed by atoms with Crippen LogP contribution in [0.3, 0.4) is 0 Å². The molecule has 1 heterocycles. The van der Waals surface area contributed by atoms with E-state index in [1.54, 1.807) is 7.11 Å².